The first-order chi connectivity index (χ1) is 9.63. The fourth-order valence-corrected chi connectivity index (χ4v) is 3.53. The Kier molecular flexibility index (Phi) is 3.94. The van der Waals surface area contributed by atoms with Gasteiger partial charge >= 0.3 is 0 Å². The largest absolute Gasteiger partial charge is 0.336 e. The van der Waals surface area contributed by atoms with Crippen molar-refractivity contribution in [1.29, 1.82) is 0 Å². The molecule has 0 spiro atoms. The van der Waals surface area contributed by atoms with Gasteiger partial charge in [0.25, 0.3) is 5.91 Å². The van der Waals surface area contributed by atoms with E-state index in [2.05, 4.69) is 9.88 Å². The summed E-state index contributed by atoms with van der Waals surface area (Å²) in [6.45, 7) is 5.70. The average Bonchev–Trinajstić information content (AvgIpc) is 2.45. The van der Waals surface area contributed by atoms with E-state index in [4.69, 9.17) is 11.6 Å². The Labute approximate surface area is 124 Å². The lowest BCUT2D eigenvalue weighted by Gasteiger charge is -2.44. The number of aryl methyl sites for hydroxylation is 1. The second kappa shape index (κ2) is 5.70. The molecular formula is C15H20ClN3O. The molecule has 5 heteroatoms. The van der Waals surface area contributed by atoms with Gasteiger partial charge in [0.05, 0.1) is 0 Å². The zero-order chi connectivity index (χ0) is 14.1. The van der Waals surface area contributed by atoms with Crippen molar-refractivity contribution in [2.24, 2.45) is 0 Å². The maximum absolute atomic E-state index is 12.6. The van der Waals surface area contributed by atoms with Gasteiger partial charge in [-0.1, -0.05) is 18.0 Å². The SMILES string of the molecule is Cc1cc(C(=O)N2CCN3CCCCC3C2)cc(Cl)n1. The van der Waals surface area contributed by atoms with Crippen LogP contribution in [0.1, 0.15) is 35.3 Å². The monoisotopic (exact) mass is 293 g/mol. The Bertz CT molecular complexity index is 500. The molecule has 0 aromatic carbocycles. The van der Waals surface area contributed by atoms with Gasteiger partial charge in [0.1, 0.15) is 5.15 Å². The molecule has 0 saturated carbocycles. The Balaban J connectivity index is 1.74. The molecule has 0 N–H and O–H groups in total. The van der Waals surface area contributed by atoms with Crippen LogP contribution in [-0.4, -0.2) is 52.9 Å². The number of piperazine rings is 1. The van der Waals surface area contributed by atoms with E-state index in [1.165, 1.54) is 25.8 Å². The van der Waals surface area contributed by atoms with Gasteiger partial charge < -0.3 is 4.90 Å². The van der Waals surface area contributed by atoms with E-state index in [1.54, 1.807) is 6.07 Å². The molecule has 1 atom stereocenters. The van der Waals surface area contributed by atoms with Crippen molar-refractivity contribution in [3.05, 3.63) is 28.5 Å². The second-order valence-electron chi connectivity index (χ2n) is 5.76. The molecule has 108 valence electrons. The van der Waals surface area contributed by atoms with E-state index in [-0.39, 0.29) is 5.91 Å². The zero-order valence-electron chi connectivity index (χ0n) is 11.8. The summed E-state index contributed by atoms with van der Waals surface area (Å²) < 4.78 is 0. The molecule has 1 amide bonds. The van der Waals surface area contributed by atoms with Crippen LogP contribution < -0.4 is 0 Å². The maximum atomic E-state index is 12.6. The summed E-state index contributed by atoms with van der Waals surface area (Å²) in [5.74, 6) is 0.0858. The smallest absolute Gasteiger partial charge is 0.254 e. The number of carbonyl (C=O) groups excluding carboxylic acids is 1. The summed E-state index contributed by atoms with van der Waals surface area (Å²) >= 11 is 5.95. The normalized spacial score (nSPS) is 23.5. The molecule has 20 heavy (non-hydrogen) atoms. The number of halogens is 1. The fraction of sp³-hybridized carbons (Fsp3) is 0.600. The number of pyridine rings is 1. The highest BCUT2D eigenvalue weighted by atomic mass is 35.5. The van der Waals surface area contributed by atoms with Crippen LogP contribution in [0.3, 0.4) is 0 Å². The van der Waals surface area contributed by atoms with Gasteiger partial charge in [-0.25, -0.2) is 4.98 Å². The van der Waals surface area contributed by atoms with Gasteiger partial charge in [-0.15, -0.1) is 0 Å². The molecule has 2 aliphatic rings. The first-order valence-electron chi connectivity index (χ1n) is 7.31. The highest BCUT2D eigenvalue weighted by Crippen LogP contribution is 2.22. The fourth-order valence-electron chi connectivity index (χ4n) is 3.27. The van der Waals surface area contributed by atoms with E-state index < -0.39 is 0 Å². The average molecular weight is 294 g/mol. The number of amides is 1. The summed E-state index contributed by atoms with van der Waals surface area (Å²) in [5.41, 5.74) is 1.45. The van der Waals surface area contributed by atoms with Crippen molar-refractivity contribution in [3.63, 3.8) is 0 Å². The van der Waals surface area contributed by atoms with Gasteiger partial charge in [-0.2, -0.15) is 0 Å². The van der Waals surface area contributed by atoms with Crippen molar-refractivity contribution in [2.75, 3.05) is 26.2 Å². The Morgan fingerprint density at radius 3 is 2.95 bits per heavy atom. The molecule has 0 radical (unpaired) electrons. The molecule has 3 heterocycles. The molecule has 1 aromatic heterocycles. The number of piperidine rings is 1. The predicted molar refractivity (Wildman–Crippen MR) is 79.1 cm³/mol. The first kappa shape index (κ1) is 13.8. The number of fused-ring (bicyclic) bond motifs is 1. The molecule has 0 bridgehead atoms. The molecule has 0 aliphatic carbocycles. The zero-order valence-corrected chi connectivity index (χ0v) is 12.6. The minimum absolute atomic E-state index is 0.0858. The Morgan fingerprint density at radius 1 is 1.30 bits per heavy atom. The minimum Gasteiger partial charge on any atom is -0.336 e. The molecule has 3 rings (SSSR count). The molecule has 1 aromatic rings. The number of aromatic nitrogens is 1. The van der Waals surface area contributed by atoms with Crippen molar-refractivity contribution in [1.82, 2.24) is 14.8 Å². The van der Waals surface area contributed by atoms with Crippen LogP contribution in [0.15, 0.2) is 12.1 Å². The van der Waals surface area contributed by atoms with Gasteiger partial charge in [0, 0.05) is 36.9 Å². The molecule has 4 nitrogen and oxygen atoms in total. The lowest BCUT2D eigenvalue weighted by molar-refractivity contribution is 0.0372. The van der Waals surface area contributed by atoms with Crippen molar-refractivity contribution < 1.29 is 4.79 Å². The van der Waals surface area contributed by atoms with Crippen LogP contribution in [0.25, 0.3) is 0 Å². The highest BCUT2D eigenvalue weighted by molar-refractivity contribution is 6.29. The topological polar surface area (TPSA) is 36.4 Å². The lowest BCUT2D eigenvalue weighted by atomic mass is 9.99. The van der Waals surface area contributed by atoms with Crippen LogP contribution >= 0.6 is 11.6 Å². The molecule has 2 aliphatic heterocycles. The van der Waals surface area contributed by atoms with E-state index in [0.29, 0.717) is 16.8 Å². The predicted octanol–water partition coefficient (Wildman–Crippen LogP) is 2.35. The Morgan fingerprint density at radius 2 is 2.15 bits per heavy atom. The van der Waals surface area contributed by atoms with E-state index in [1.807, 2.05) is 17.9 Å². The summed E-state index contributed by atoms with van der Waals surface area (Å²) in [6, 6.07) is 4.03. The minimum atomic E-state index is 0.0858. The molecular weight excluding hydrogens is 274 g/mol. The number of nitrogens with zero attached hydrogens (tertiary/aromatic N) is 3. The van der Waals surface area contributed by atoms with Crippen molar-refractivity contribution in [3.8, 4) is 0 Å². The van der Waals surface area contributed by atoms with E-state index in [9.17, 15) is 4.79 Å². The first-order valence-corrected chi connectivity index (χ1v) is 7.69. The number of hydrogen-bond donors (Lipinski definition) is 0. The maximum Gasteiger partial charge on any atom is 0.254 e. The third-order valence-corrected chi connectivity index (χ3v) is 4.49. The van der Waals surface area contributed by atoms with Crippen LogP contribution in [-0.2, 0) is 0 Å². The third kappa shape index (κ3) is 2.81. The summed E-state index contributed by atoms with van der Waals surface area (Å²) in [7, 11) is 0. The quantitative estimate of drug-likeness (QED) is 0.746. The van der Waals surface area contributed by atoms with Gasteiger partial charge in [-0.05, 0) is 38.4 Å². The van der Waals surface area contributed by atoms with Crippen molar-refractivity contribution in [2.45, 2.75) is 32.2 Å². The van der Waals surface area contributed by atoms with Crippen LogP contribution in [0.2, 0.25) is 5.15 Å². The standard InChI is InChI=1S/C15H20ClN3O/c1-11-8-12(9-14(16)17-11)15(20)19-7-6-18-5-3-2-4-13(18)10-19/h8-9,13H,2-7,10H2,1H3. The third-order valence-electron chi connectivity index (χ3n) is 4.29. The molecule has 2 saturated heterocycles. The summed E-state index contributed by atoms with van der Waals surface area (Å²) in [6.07, 6.45) is 3.78. The highest BCUT2D eigenvalue weighted by Gasteiger charge is 2.31. The number of carbonyl (C=O) groups is 1. The van der Waals surface area contributed by atoms with Gasteiger partial charge in [0.2, 0.25) is 0 Å². The van der Waals surface area contributed by atoms with Crippen LogP contribution in [0.4, 0.5) is 0 Å². The number of hydrogen-bond acceptors (Lipinski definition) is 3. The van der Waals surface area contributed by atoms with Crippen LogP contribution in [0.5, 0.6) is 0 Å². The van der Waals surface area contributed by atoms with Gasteiger partial charge in [0.15, 0.2) is 0 Å². The molecule has 2 fully saturated rings. The number of rotatable bonds is 1. The summed E-state index contributed by atoms with van der Waals surface area (Å²) in [5, 5.41) is 0.393. The van der Waals surface area contributed by atoms with E-state index >= 15 is 0 Å². The van der Waals surface area contributed by atoms with Crippen LogP contribution in [0, 0.1) is 6.92 Å². The van der Waals surface area contributed by atoms with Gasteiger partial charge in [-0.3, -0.25) is 9.69 Å². The Hall–Kier alpha value is -1.13. The van der Waals surface area contributed by atoms with E-state index in [0.717, 1.165) is 25.3 Å². The second-order valence-corrected chi connectivity index (χ2v) is 6.14. The molecule has 1 unspecified atom stereocenters. The van der Waals surface area contributed by atoms with Crippen molar-refractivity contribution >= 4 is 17.5 Å². The summed E-state index contributed by atoms with van der Waals surface area (Å²) in [4.78, 5) is 21.2. The lowest BCUT2D eigenvalue weighted by Crippen LogP contribution is -2.56.